The number of alkyl halides is 2. The van der Waals surface area contributed by atoms with Gasteiger partial charge in [0, 0.05) is 38.0 Å². The predicted molar refractivity (Wildman–Crippen MR) is 126 cm³/mol. The Morgan fingerprint density at radius 1 is 1.11 bits per heavy atom. The number of benzene rings is 1. The monoisotopic (exact) mass is 546 g/mol. The Morgan fingerprint density at radius 3 is 2.66 bits per heavy atom. The van der Waals surface area contributed by atoms with Crippen LogP contribution in [0.4, 0.5) is 13.2 Å². The number of hydrogen-bond donors (Lipinski definition) is 0. The first kappa shape index (κ1) is 25.3. The van der Waals surface area contributed by atoms with Gasteiger partial charge >= 0.3 is 6.55 Å². The third kappa shape index (κ3) is 4.68. The summed E-state index contributed by atoms with van der Waals surface area (Å²) < 4.78 is 50.7. The van der Waals surface area contributed by atoms with Crippen molar-refractivity contribution >= 4 is 11.6 Å². The SMILES string of the molecule is COCC[C@@H](c1ccc(-c2c(-n3cnnn3)ccc(Cl)c2F)c[n+]1[O-])n1cc(-c2cnnn2C(F)F)cn1. The van der Waals surface area contributed by atoms with Crippen molar-refractivity contribution in [2.75, 3.05) is 13.7 Å². The van der Waals surface area contributed by atoms with E-state index >= 15 is 4.39 Å². The largest absolute Gasteiger partial charge is 0.618 e. The summed E-state index contributed by atoms with van der Waals surface area (Å²) >= 11 is 6.03. The van der Waals surface area contributed by atoms with Crippen LogP contribution >= 0.6 is 11.6 Å². The highest BCUT2D eigenvalue weighted by Gasteiger charge is 2.26. The van der Waals surface area contributed by atoms with Crippen molar-refractivity contribution in [1.82, 2.24) is 45.0 Å². The van der Waals surface area contributed by atoms with Crippen LogP contribution in [-0.2, 0) is 4.74 Å². The number of hydrogen-bond acceptors (Lipinski definition) is 8. The van der Waals surface area contributed by atoms with Crippen molar-refractivity contribution in [2.45, 2.75) is 19.0 Å². The van der Waals surface area contributed by atoms with Gasteiger partial charge in [-0.05, 0) is 28.6 Å². The van der Waals surface area contributed by atoms with Crippen molar-refractivity contribution < 1.29 is 22.6 Å². The molecule has 5 aromatic rings. The van der Waals surface area contributed by atoms with Crippen LogP contribution in [0.3, 0.4) is 0 Å². The Labute approximate surface area is 217 Å². The van der Waals surface area contributed by atoms with Crippen molar-refractivity contribution in [2.24, 2.45) is 0 Å². The van der Waals surface area contributed by atoms with Gasteiger partial charge in [0.15, 0.2) is 12.0 Å². The summed E-state index contributed by atoms with van der Waals surface area (Å²) in [6.45, 7) is -2.62. The van der Waals surface area contributed by atoms with E-state index in [0.29, 0.717) is 21.4 Å². The normalized spacial score (nSPS) is 12.4. The lowest BCUT2D eigenvalue weighted by molar-refractivity contribution is -0.615. The van der Waals surface area contributed by atoms with Crippen LogP contribution in [0.1, 0.15) is 24.7 Å². The van der Waals surface area contributed by atoms with Crippen molar-refractivity contribution in [3.63, 3.8) is 0 Å². The Hall–Kier alpha value is -4.37. The Bertz CT molecular complexity index is 1560. The van der Waals surface area contributed by atoms with Crippen LogP contribution in [0.5, 0.6) is 0 Å². The van der Waals surface area contributed by atoms with Gasteiger partial charge in [0.1, 0.15) is 12.4 Å². The van der Waals surface area contributed by atoms with E-state index in [1.807, 2.05) is 0 Å². The molecule has 0 saturated heterocycles. The minimum Gasteiger partial charge on any atom is -0.618 e. The number of halogens is 4. The van der Waals surface area contributed by atoms with Crippen LogP contribution in [0.15, 0.2) is 55.4 Å². The maximum absolute atomic E-state index is 15.2. The first-order valence-electron chi connectivity index (χ1n) is 11.1. The van der Waals surface area contributed by atoms with Gasteiger partial charge in [-0.1, -0.05) is 16.8 Å². The average Bonchev–Trinajstić information content (AvgIpc) is 3.68. The van der Waals surface area contributed by atoms with Gasteiger partial charge in [0.05, 0.1) is 39.9 Å². The second kappa shape index (κ2) is 10.5. The van der Waals surface area contributed by atoms with E-state index in [-0.39, 0.29) is 39.8 Å². The fourth-order valence-electron chi connectivity index (χ4n) is 4.06. The molecule has 0 unspecified atom stereocenters. The molecule has 0 bridgehead atoms. The summed E-state index contributed by atoms with van der Waals surface area (Å²) in [6.07, 6.45) is 6.91. The molecule has 38 heavy (non-hydrogen) atoms. The zero-order valence-electron chi connectivity index (χ0n) is 19.6. The van der Waals surface area contributed by atoms with Gasteiger partial charge < -0.3 is 9.94 Å². The van der Waals surface area contributed by atoms with Gasteiger partial charge in [-0.25, -0.2) is 4.39 Å². The minimum absolute atomic E-state index is 0.0310. The molecule has 0 amide bonds. The first-order valence-corrected chi connectivity index (χ1v) is 11.4. The molecule has 0 aliphatic carbocycles. The summed E-state index contributed by atoms with van der Waals surface area (Å²) in [6, 6.07) is 5.34. The number of nitrogens with zero attached hydrogens (tertiary/aromatic N) is 10. The van der Waals surface area contributed by atoms with E-state index in [4.69, 9.17) is 16.3 Å². The number of ether oxygens (including phenoxy) is 1. The van der Waals surface area contributed by atoms with Gasteiger partial charge in [0.2, 0.25) is 5.69 Å². The van der Waals surface area contributed by atoms with E-state index in [9.17, 15) is 14.0 Å². The number of tetrazole rings is 1. The molecule has 0 saturated carbocycles. The molecule has 16 heteroatoms. The van der Waals surface area contributed by atoms with Crippen LogP contribution in [0, 0.1) is 11.0 Å². The molecule has 4 aromatic heterocycles. The van der Waals surface area contributed by atoms with Crippen LogP contribution in [-0.4, -0.2) is 58.7 Å². The summed E-state index contributed by atoms with van der Waals surface area (Å²) in [5.41, 5.74) is 1.19. The molecule has 196 valence electrons. The molecule has 0 spiro atoms. The Balaban J connectivity index is 1.55. The summed E-state index contributed by atoms with van der Waals surface area (Å²) in [5.74, 6) is -0.746. The fraction of sp³-hybridized carbons (Fsp3) is 0.227. The van der Waals surface area contributed by atoms with Crippen LogP contribution < -0.4 is 4.73 Å². The molecule has 4 heterocycles. The van der Waals surface area contributed by atoms with Gasteiger partial charge in [0.25, 0.3) is 0 Å². The summed E-state index contributed by atoms with van der Waals surface area (Å²) in [7, 11) is 1.51. The highest BCUT2D eigenvalue weighted by Crippen LogP contribution is 2.33. The lowest BCUT2D eigenvalue weighted by Gasteiger charge is -2.18. The molecule has 1 aromatic carbocycles. The number of pyridine rings is 1. The minimum atomic E-state index is -2.89. The molecule has 5 rings (SSSR count). The van der Waals surface area contributed by atoms with E-state index in [0.717, 1.165) is 0 Å². The lowest BCUT2D eigenvalue weighted by atomic mass is 10.0. The summed E-state index contributed by atoms with van der Waals surface area (Å²) in [5, 5.41) is 35.3. The van der Waals surface area contributed by atoms with Crippen molar-refractivity contribution in [3.8, 4) is 28.1 Å². The standard InChI is InChI=1S/C22H18ClF3N10O2/c1-38-7-6-16(33-10-14(8-29-33)19-9-27-31-36(19)22(25)26)17-4-2-13(11-35(17)37)20-18(34-12-28-30-32-34)5-3-15(23)21(20)24/h2-5,8-12,16,22H,6-7H2,1H3/t16-/m0/s1. The molecule has 12 nitrogen and oxygen atoms in total. The van der Waals surface area contributed by atoms with Gasteiger partial charge in [-0.3, -0.25) is 4.68 Å². The summed E-state index contributed by atoms with van der Waals surface area (Å²) in [4.78, 5) is 0. The zero-order chi connectivity index (χ0) is 26.8. The average molecular weight is 547 g/mol. The van der Waals surface area contributed by atoms with E-state index in [1.54, 1.807) is 6.07 Å². The lowest BCUT2D eigenvalue weighted by Crippen LogP contribution is -2.36. The Kier molecular flexibility index (Phi) is 7.02. The smallest absolute Gasteiger partial charge is 0.335 e. The predicted octanol–water partition coefficient (Wildman–Crippen LogP) is 3.23. The highest BCUT2D eigenvalue weighted by atomic mass is 35.5. The Morgan fingerprint density at radius 2 is 1.95 bits per heavy atom. The third-order valence-corrected chi connectivity index (χ3v) is 6.11. The second-order valence-corrected chi connectivity index (χ2v) is 8.43. The van der Waals surface area contributed by atoms with Crippen molar-refractivity contribution in [3.05, 3.63) is 77.1 Å². The molecular weight excluding hydrogens is 529 g/mol. The topological polar surface area (TPSA) is 128 Å². The quantitative estimate of drug-likeness (QED) is 0.204. The van der Waals surface area contributed by atoms with Crippen LogP contribution in [0.2, 0.25) is 5.02 Å². The zero-order valence-corrected chi connectivity index (χ0v) is 20.3. The van der Waals surface area contributed by atoms with Crippen molar-refractivity contribution in [1.29, 1.82) is 0 Å². The van der Waals surface area contributed by atoms with Crippen LogP contribution in [0.25, 0.3) is 28.1 Å². The molecule has 0 fully saturated rings. The molecule has 0 radical (unpaired) electrons. The maximum atomic E-state index is 15.2. The maximum Gasteiger partial charge on any atom is 0.335 e. The van der Waals surface area contributed by atoms with Gasteiger partial charge in [-0.15, -0.1) is 10.2 Å². The molecular formula is C22H18ClF3N10O2. The number of rotatable bonds is 9. The third-order valence-electron chi connectivity index (χ3n) is 5.81. The number of methoxy groups -OCH3 is 1. The van der Waals surface area contributed by atoms with E-state index in [1.165, 1.54) is 65.8 Å². The number of aromatic nitrogens is 10. The molecule has 0 aliphatic heterocycles. The molecule has 0 N–H and O–H groups in total. The molecule has 0 aliphatic rings. The second-order valence-electron chi connectivity index (χ2n) is 8.03. The fourth-order valence-corrected chi connectivity index (χ4v) is 4.21. The highest BCUT2D eigenvalue weighted by molar-refractivity contribution is 6.31. The van der Waals surface area contributed by atoms with E-state index < -0.39 is 18.4 Å². The van der Waals surface area contributed by atoms with Gasteiger partial charge in [-0.2, -0.15) is 28.0 Å². The van der Waals surface area contributed by atoms with E-state index in [2.05, 4.69) is 30.9 Å². The first-order chi connectivity index (χ1) is 18.4. The molecule has 1 atom stereocenters.